The Labute approximate surface area is 205 Å². The number of anilines is 1. The molecule has 7 heteroatoms. The molecule has 1 aromatic heterocycles. The van der Waals surface area contributed by atoms with E-state index in [1.165, 1.54) is 0 Å². The molecule has 0 saturated carbocycles. The van der Waals surface area contributed by atoms with E-state index in [0.29, 0.717) is 26.3 Å². The highest BCUT2D eigenvalue weighted by atomic mass is 35.5. The van der Waals surface area contributed by atoms with Gasteiger partial charge in [-0.2, -0.15) is 0 Å². The van der Waals surface area contributed by atoms with Crippen molar-refractivity contribution < 1.29 is 4.79 Å². The average molecular weight is 500 g/mol. The Kier molecular flexibility index (Phi) is 7.07. The van der Waals surface area contributed by atoms with E-state index < -0.39 is 0 Å². The number of nitrogens with one attached hydrogen (secondary N) is 1. The van der Waals surface area contributed by atoms with Crippen molar-refractivity contribution >= 4 is 58.2 Å². The normalized spacial score (nSPS) is 10.8. The Morgan fingerprint density at radius 1 is 0.844 bits per heavy atom. The molecule has 1 N–H and O–H groups in total. The van der Waals surface area contributed by atoms with Crippen LogP contribution >= 0.6 is 46.6 Å². The van der Waals surface area contributed by atoms with Crippen molar-refractivity contribution in [2.75, 3.05) is 11.6 Å². The molecule has 0 aliphatic rings. The summed E-state index contributed by atoms with van der Waals surface area (Å²) in [6.07, 6.45) is 3.69. The zero-order chi connectivity index (χ0) is 22.7. The smallest absolute Gasteiger partial charge is 0.256 e. The lowest BCUT2D eigenvalue weighted by molar-refractivity contribution is 0.102. The number of amides is 1. The lowest BCUT2D eigenvalue weighted by Gasteiger charge is -2.14. The number of thioether (sulfide) groups is 1. The number of rotatable bonds is 5. The number of halogens is 3. The van der Waals surface area contributed by atoms with Crippen LogP contribution in [-0.2, 0) is 0 Å². The maximum absolute atomic E-state index is 13.3. The number of hydrogen-bond donors (Lipinski definition) is 1. The first kappa shape index (κ1) is 22.7. The van der Waals surface area contributed by atoms with E-state index >= 15 is 0 Å². The molecule has 0 spiro atoms. The van der Waals surface area contributed by atoms with E-state index in [1.807, 2.05) is 54.8 Å². The summed E-state index contributed by atoms with van der Waals surface area (Å²) in [5, 5.41) is 4.43. The van der Waals surface area contributed by atoms with Crippen LogP contribution < -0.4 is 5.32 Å². The van der Waals surface area contributed by atoms with E-state index in [-0.39, 0.29) is 5.91 Å². The molecule has 0 bridgehead atoms. The van der Waals surface area contributed by atoms with E-state index in [9.17, 15) is 4.79 Å². The van der Waals surface area contributed by atoms with Crippen LogP contribution in [-0.4, -0.2) is 17.1 Å². The maximum atomic E-state index is 13.3. The van der Waals surface area contributed by atoms with Crippen molar-refractivity contribution in [2.45, 2.75) is 4.90 Å². The second-order valence-electron chi connectivity index (χ2n) is 6.90. The summed E-state index contributed by atoms with van der Waals surface area (Å²) in [5.74, 6) is -0.243. The SMILES string of the molecule is CSc1ccc(C(=O)Nc2ccc(Cl)c(-c3ccccn3)c2)c(-c2ccc(Cl)c(Cl)c2)c1. The van der Waals surface area contributed by atoms with Gasteiger partial charge in [-0.05, 0) is 78.0 Å². The maximum Gasteiger partial charge on any atom is 0.256 e. The van der Waals surface area contributed by atoms with Crippen LogP contribution in [0.5, 0.6) is 0 Å². The van der Waals surface area contributed by atoms with Gasteiger partial charge in [0.1, 0.15) is 0 Å². The minimum atomic E-state index is -0.243. The summed E-state index contributed by atoms with van der Waals surface area (Å²) in [6, 6.07) is 22.0. The number of carbonyl (C=O) groups excluding carboxylic acids is 1. The van der Waals surface area contributed by atoms with Crippen LogP contribution in [0, 0.1) is 0 Å². The fourth-order valence-corrected chi connectivity index (χ4v) is 4.22. The van der Waals surface area contributed by atoms with Gasteiger partial charge in [-0.1, -0.05) is 46.9 Å². The molecule has 0 aliphatic carbocycles. The number of aromatic nitrogens is 1. The van der Waals surface area contributed by atoms with E-state index in [2.05, 4.69) is 10.3 Å². The van der Waals surface area contributed by atoms with Crippen molar-refractivity contribution in [1.82, 2.24) is 4.98 Å². The second kappa shape index (κ2) is 9.97. The third-order valence-electron chi connectivity index (χ3n) is 4.87. The van der Waals surface area contributed by atoms with E-state index in [4.69, 9.17) is 34.8 Å². The number of hydrogen-bond acceptors (Lipinski definition) is 3. The highest BCUT2D eigenvalue weighted by molar-refractivity contribution is 7.98. The van der Waals surface area contributed by atoms with Crippen LogP contribution in [0.2, 0.25) is 15.1 Å². The predicted molar refractivity (Wildman–Crippen MR) is 136 cm³/mol. The Morgan fingerprint density at radius 2 is 1.66 bits per heavy atom. The van der Waals surface area contributed by atoms with E-state index in [0.717, 1.165) is 27.3 Å². The second-order valence-corrected chi connectivity index (χ2v) is 9.01. The minimum Gasteiger partial charge on any atom is -0.322 e. The third kappa shape index (κ3) is 4.94. The first-order valence-corrected chi connectivity index (χ1v) is 12.0. The predicted octanol–water partition coefficient (Wildman–Crippen LogP) is 8.35. The van der Waals surface area contributed by atoms with Gasteiger partial charge in [-0.3, -0.25) is 9.78 Å². The Bertz CT molecular complexity index is 1300. The molecular weight excluding hydrogens is 483 g/mol. The van der Waals surface area contributed by atoms with Gasteiger partial charge < -0.3 is 5.32 Å². The van der Waals surface area contributed by atoms with Gasteiger partial charge in [0.05, 0.1) is 20.8 Å². The van der Waals surface area contributed by atoms with Crippen LogP contribution in [0.25, 0.3) is 22.4 Å². The van der Waals surface area contributed by atoms with Crippen molar-refractivity contribution in [2.24, 2.45) is 0 Å². The number of nitrogens with zero attached hydrogens (tertiary/aromatic N) is 1. The Morgan fingerprint density at radius 3 is 2.38 bits per heavy atom. The molecule has 0 atom stereocenters. The molecule has 32 heavy (non-hydrogen) atoms. The van der Waals surface area contributed by atoms with Gasteiger partial charge in [0.15, 0.2) is 0 Å². The molecule has 1 heterocycles. The van der Waals surface area contributed by atoms with Crippen molar-refractivity contribution in [3.63, 3.8) is 0 Å². The van der Waals surface area contributed by atoms with Crippen molar-refractivity contribution in [3.05, 3.63) is 99.6 Å². The number of carbonyl (C=O) groups is 1. The van der Waals surface area contributed by atoms with Crippen molar-refractivity contribution in [1.29, 1.82) is 0 Å². The fourth-order valence-electron chi connectivity index (χ4n) is 3.27. The summed E-state index contributed by atoms with van der Waals surface area (Å²) >= 11 is 20.3. The molecule has 0 radical (unpaired) electrons. The summed E-state index contributed by atoms with van der Waals surface area (Å²) in [4.78, 5) is 18.7. The summed E-state index contributed by atoms with van der Waals surface area (Å²) < 4.78 is 0. The molecule has 160 valence electrons. The molecule has 4 rings (SSSR count). The molecule has 4 aromatic rings. The Balaban J connectivity index is 1.71. The average Bonchev–Trinajstić information content (AvgIpc) is 2.82. The summed E-state index contributed by atoms with van der Waals surface area (Å²) in [5.41, 5.74) is 4.20. The lowest BCUT2D eigenvalue weighted by Crippen LogP contribution is -2.13. The lowest BCUT2D eigenvalue weighted by atomic mass is 9.99. The van der Waals surface area contributed by atoms with Crippen LogP contribution in [0.3, 0.4) is 0 Å². The van der Waals surface area contributed by atoms with Crippen LogP contribution in [0.15, 0.2) is 83.9 Å². The zero-order valence-corrected chi connectivity index (χ0v) is 20.0. The molecule has 3 aromatic carbocycles. The summed E-state index contributed by atoms with van der Waals surface area (Å²) in [7, 11) is 0. The number of pyridine rings is 1. The van der Waals surface area contributed by atoms with Gasteiger partial charge >= 0.3 is 0 Å². The molecule has 0 aliphatic heterocycles. The highest BCUT2D eigenvalue weighted by Gasteiger charge is 2.16. The third-order valence-corrected chi connectivity index (χ3v) is 6.66. The molecule has 0 saturated heterocycles. The standard InChI is InChI=1S/C25H17Cl3N2OS/c1-32-17-7-8-18(19(14-17)15-5-9-22(27)23(28)12-15)25(31)30-16-6-10-21(26)20(13-16)24-4-2-3-11-29-24/h2-14H,1H3,(H,30,31). The van der Waals surface area contributed by atoms with Crippen LogP contribution in [0.1, 0.15) is 10.4 Å². The Hall–Kier alpha value is -2.50. The monoisotopic (exact) mass is 498 g/mol. The van der Waals surface area contributed by atoms with Gasteiger partial charge in [0, 0.05) is 27.9 Å². The number of benzene rings is 3. The topological polar surface area (TPSA) is 42.0 Å². The van der Waals surface area contributed by atoms with Crippen LogP contribution in [0.4, 0.5) is 5.69 Å². The first-order valence-electron chi connectivity index (χ1n) is 9.62. The zero-order valence-electron chi connectivity index (χ0n) is 16.9. The van der Waals surface area contributed by atoms with E-state index in [1.54, 1.807) is 42.2 Å². The van der Waals surface area contributed by atoms with Gasteiger partial charge in [-0.25, -0.2) is 0 Å². The van der Waals surface area contributed by atoms with Gasteiger partial charge in [-0.15, -0.1) is 11.8 Å². The molecule has 0 fully saturated rings. The van der Waals surface area contributed by atoms with Gasteiger partial charge in [0.2, 0.25) is 0 Å². The molecule has 0 unspecified atom stereocenters. The molecular formula is C25H17Cl3N2OS. The summed E-state index contributed by atoms with van der Waals surface area (Å²) in [6.45, 7) is 0. The molecule has 1 amide bonds. The minimum absolute atomic E-state index is 0.243. The first-order chi connectivity index (χ1) is 15.5. The largest absolute Gasteiger partial charge is 0.322 e. The molecule has 3 nitrogen and oxygen atoms in total. The highest BCUT2D eigenvalue weighted by Crippen LogP contribution is 2.34. The van der Waals surface area contributed by atoms with Crippen molar-refractivity contribution in [3.8, 4) is 22.4 Å². The quantitative estimate of drug-likeness (QED) is 0.280. The van der Waals surface area contributed by atoms with Gasteiger partial charge in [0.25, 0.3) is 5.91 Å². The fraction of sp³-hybridized carbons (Fsp3) is 0.0400.